The van der Waals surface area contributed by atoms with E-state index in [-0.39, 0.29) is 22.0 Å². The Morgan fingerprint density at radius 2 is 1.79 bits per heavy atom. The minimum atomic E-state index is -3.69. The number of carbonyl (C=O) groups excluding carboxylic acids is 2. The third kappa shape index (κ3) is 5.18. The lowest BCUT2D eigenvalue weighted by Crippen LogP contribution is -2.35. The van der Waals surface area contributed by atoms with Gasteiger partial charge in [0.25, 0.3) is 5.91 Å². The molecule has 10 heteroatoms. The van der Waals surface area contributed by atoms with E-state index in [1.807, 2.05) is 18.2 Å². The first-order valence-electron chi connectivity index (χ1n) is 10.9. The predicted octanol–water partition coefficient (Wildman–Crippen LogP) is 3.21. The van der Waals surface area contributed by atoms with Gasteiger partial charge in [-0.3, -0.25) is 4.79 Å². The molecule has 1 aliphatic rings. The lowest BCUT2D eigenvalue weighted by atomic mass is 10.2. The van der Waals surface area contributed by atoms with Crippen molar-refractivity contribution >= 4 is 38.5 Å². The van der Waals surface area contributed by atoms with Gasteiger partial charge in [-0.15, -0.1) is 0 Å². The number of hydrogen-bond donors (Lipinski definition) is 1. The number of carbonyl (C=O) groups is 2. The van der Waals surface area contributed by atoms with Gasteiger partial charge in [0, 0.05) is 18.5 Å². The lowest BCUT2D eigenvalue weighted by Gasteiger charge is -2.26. The topological polar surface area (TPSA) is 115 Å². The molecule has 2 aromatic carbocycles. The van der Waals surface area contributed by atoms with Gasteiger partial charge in [-0.1, -0.05) is 30.7 Å². The van der Waals surface area contributed by atoms with Crippen LogP contribution in [-0.2, 0) is 19.6 Å². The number of nitrogens with zero attached hydrogens (tertiary/aromatic N) is 2. The number of hydrogen-bond acceptors (Lipinski definition) is 7. The Morgan fingerprint density at radius 1 is 1.03 bits per heavy atom. The van der Waals surface area contributed by atoms with Crippen molar-refractivity contribution in [2.24, 2.45) is 0 Å². The number of benzene rings is 2. The highest BCUT2D eigenvalue weighted by Crippen LogP contribution is 2.30. The van der Waals surface area contributed by atoms with Gasteiger partial charge in [0.15, 0.2) is 6.61 Å². The third-order valence-corrected chi connectivity index (χ3v) is 7.43. The molecule has 34 heavy (non-hydrogen) atoms. The summed E-state index contributed by atoms with van der Waals surface area (Å²) < 4.78 is 37.8. The number of amides is 1. The summed E-state index contributed by atoms with van der Waals surface area (Å²) in [4.78, 5) is 29.1. The first-order chi connectivity index (χ1) is 16.4. The fourth-order valence-corrected chi connectivity index (χ4v) is 5.31. The van der Waals surface area contributed by atoms with Crippen molar-refractivity contribution in [3.05, 3.63) is 60.3 Å². The molecular weight excluding hydrogens is 458 g/mol. The second kappa shape index (κ2) is 10.2. The lowest BCUT2D eigenvalue weighted by molar-refractivity contribution is -0.119. The van der Waals surface area contributed by atoms with Crippen molar-refractivity contribution in [1.29, 1.82) is 0 Å². The number of ether oxygens (including phenoxy) is 2. The van der Waals surface area contributed by atoms with Crippen LogP contribution < -0.4 is 10.1 Å². The van der Waals surface area contributed by atoms with Gasteiger partial charge in [-0.25, -0.2) is 18.2 Å². The van der Waals surface area contributed by atoms with E-state index in [1.54, 1.807) is 12.1 Å². The van der Waals surface area contributed by atoms with E-state index in [9.17, 15) is 18.0 Å². The van der Waals surface area contributed by atoms with Crippen LogP contribution in [0.25, 0.3) is 10.9 Å². The third-order valence-electron chi connectivity index (χ3n) is 5.54. The number of fused-ring (bicyclic) bond motifs is 1. The Bertz CT molecular complexity index is 1320. The number of piperidine rings is 1. The number of pyridine rings is 1. The van der Waals surface area contributed by atoms with Crippen molar-refractivity contribution in [2.75, 3.05) is 32.1 Å². The van der Waals surface area contributed by atoms with E-state index in [0.717, 1.165) is 24.6 Å². The van der Waals surface area contributed by atoms with Gasteiger partial charge in [0.05, 0.1) is 23.2 Å². The highest BCUT2D eigenvalue weighted by Gasteiger charge is 2.27. The number of anilines is 1. The summed E-state index contributed by atoms with van der Waals surface area (Å²) >= 11 is 0. The highest BCUT2D eigenvalue weighted by atomic mass is 32.2. The molecule has 0 saturated carbocycles. The maximum Gasteiger partial charge on any atom is 0.357 e. The SMILES string of the molecule is COc1ccc(S(=O)(=O)N2CCCCC2)cc1NC(=O)COC(=O)c1ccc2ccccc2n1. The van der Waals surface area contributed by atoms with Crippen LogP contribution in [0.1, 0.15) is 29.8 Å². The molecule has 0 aliphatic carbocycles. The molecule has 2 heterocycles. The number of methoxy groups -OCH3 is 1. The van der Waals surface area contributed by atoms with E-state index in [4.69, 9.17) is 9.47 Å². The fraction of sp³-hybridized carbons (Fsp3) is 0.292. The van der Waals surface area contributed by atoms with Crippen LogP contribution in [0.3, 0.4) is 0 Å². The molecule has 0 radical (unpaired) electrons. The van der Waals surface area contributed by atoms with Crippen LogP contribution in [0.15, 0.2) is 59.5 Å². The van der Waals surface area contributed by atoms with Gasteiger partial charge < -0.3 is 14.8 Å². The minimum absolute atomic E-state index is 0.0582. The normalized spacial score (nSPS) is 14.5. The molecule has 1 fully saturated rings. The van der Waals surface area contributed by atoms with Crippen molar-refractivity contribution < 1.29 is 27.5 Å². The molecule has 1 saturated heterocycles. The number of nitrogens with one attached hydrogen (secondary N) is 1. The first kappa shape index (κ1) is 23.7. The van der Waals surface area contributed by atoms with Crippen molar-refractivity contribution in [2.45, 2.75) is 24.2 Å². The molecule has 0 unspecified atom stereocenters. The summed E-state index contributed by atoms with van der Waals surface area (Å²) in [6.45, 7) is 0.364. The van der Waals surface area contributed by atoms with E-state index >= 15 is 0 Å². The van der Waals surface area contributed by atoms with E-state index in [0.29, 0.717) is 18.6 Å². The summed E-state index contributed by atoms with van der Waals surface area (Å²) in [5, 5.41) is 3.45. The van der Waals surface area contributed by atoms with Crippen molar-refractivity contribution in [3.8, 4) is 5.75 Å². The molecule has 1 aromatic heterocycles. The van der Waals surface area contributed by atoms with Crippen LogP contribution in [0.5, 0.6) is 5.75 Å². The molecule has 178 valence electrons. The van der Waals surface area contributed by atoms with Crippen LogP contribution >= 0.6 is 0 Å². The number of sulfonamides is 1. The van der Waals surface area contributed by atoms with Gasteiger partial charge in [-0.05, 0) is 43.2 Å². The highest BCUT2D eigenvalue weighted by molar-refractivity contribution is 7.89. The smallest absolute Gasteiger partial charge is 0.357 e. The minimum Gasteiger partial charge on any atom is -0.495 e. The number of esters is 1. The maximum absolute atomic E-state index is 13.0. The van der Waals surface area contributed by atoms with Gasteiger partial charge in [0.2, 0.25) is 10.0 Å². The molecule has 1 amide bonds. The average Bonchev–Trinajstić information content (AvgIpc) is 2.87. The second-order valence-electron chi connectivity index (χ2n) is 7.84. The maximum atomic E-state index is 13.0. The van der Waals surface area contributed by atoms with Crippen molar-refractivity contribution in [1.82, 2.24) is 9.29 Å². The summed E-state index contributed by atoms with van der Waals surface area (Å²) in [5.74, 6) is -1.09. The molecule has 1 aliphatic heterocycles. The molecule has 3 aromatic rings. The Labute approximate surface area is 197 Å². The predicted molar refractivity (Wildman–Crippen MR) is 126 cm³/mol. The Morgan fingerprint density at radius 3 is 2.56 bits per heavy atom. The molecule has 0 atom stereocenters. The molecule has 0 bridgehead atoms. The monoisotopic (exact) mass is 483 g/mol. The average molecular weight is 484 g/mol. The van der Waals surface area contributed by atoms with Crippen LogP contribution in [0, 0.1) is 0 Å². The quantitative estimate of drug-likeness (QED) is 0.513. The Hall–Kier alpha value is -3.50. The second-order valence-corrected chi connectivity index (χ2v) is 9.78. The molecule has 4 rings (SSSR count). The molecular formula is C24H25N3O6S. The van der Waals surface area contributed by atoms with E-state index in [2.05, 4.69) is 10.3 Å². The van der Waals surface area contributed by atoms with Crippen molar-refractivity contribution in [3.63, 3.8) is 0 Å². The van der Waals surface area contributed by atoms with E-state index in [1.165, 1.54) is 35.7 Å². The summed E-state index contributed by atoms with van der Waals surface area (Å²) in [5.41, 5.74) is 0.891. The van der Waals surface area contributed by atoms with Crippen LogP contribution in [0.2, 0.25) is 0 Å². The van der Waals surface area contributed by atoms with Crippen LogP contribution in [-0.4, -0.2) is 56.4 Å². The summed E-state index contributed by atoms with van der Waals surface area (Å²) in [6.07, 6.45) is 2.64. The standard InChI is InChI=1S/C24H25N3O6S/c1-32-22-12-10-18(34(30,31)27-13-5-2-6-14-27)15-21(22)26-23(28)16-33-24(29)20-11-9-17-7-3-4-8-19(17)25-20/h3-4,7-12,15H,2,5-6,13-14,16H2,1H3,(H,26,28). The Balaban J connectivity index is 1.44. The molecule has 0 spiro atoms. The summed E-state index contributed by atoms with van der Waals surface area (Å²) in [6, 6.07) is 14.9. The largest absolute Gasteiger partial charge is 0.495 e. The van der Waals surface area contributed by atoms with Crippen LogP contribution in [0.4, 0.5) is 5.69 Å². The number of para-hydroxylation sites is 1. The Kier molecular flexibility index (Phi) is 7.09. The fourth-order valence-electron chi connectivity index (χ4n) is 3.77. The van der Waals surface area contributed by atoms with Gasteiger partial charge >= 0.3 is 5.97 Å². The summed E-state index contributed by atoms with van der Waals surface area (Å²) in [7, 11) is -2.28. The molecule has 9 nitrogen and oxygen atoms in total. The zero-order valence-electron chi connectivity index (χ0n) is 18.7. The zero-order chi connectivity index (χ0) is 24.1. The van der Waals surface area contributed by atoms with Gasteiger partial charge in [-0.2, -0.15) is 4.31 Å². The number of aromatic nitrogens is 1. The number of rotatable bonds is 7. The zero-order valence-corrected chi connectivity index (χ0v) is 19.5. The van der Waals surface area contributed by atoms with E-state index < -0.39 is 28.5 Å². The molecule has 1 N–H and O–H groups in total. The van der Waals surface area contributed by atoms with Gasteiger partial charge in [0.1, 0.15) is 11.4 Å². The first-order valence-corrected chi connectivity index (χ1v) is 12.3.